The van der Waals surface area contributed by atoms with E-state index >= 15 is 0 Å². The van der Waals surface area contributed by atoms with E-state index in [1.807, 2.05) is 13.8 Å². The summed E-state index contributed by atoms with van der Waals surface area (Å²) in [5, 5.41) is 20.9. The topological polar surface area (TPSA) is 78.8 Å². The van der Waals surface area contributed by atoms with Gasteiger partial charge in [-0.05, 0) is 31.5 Å². The van der Waals surface area contributed by atoms with Crippen LogP contribution in [0.15, 0.2) is 24.3 Å². The van der Waals surface area contributed by atoms with Gasteiger partial charge in [-0.25, -0.2) is 0 Å². The first-order chi connectivity index (χ1) is 8.49. The molecule has 3 N–H and O–H groups in total. The molecule has 0 saturated carbocycles. The molecule has 0 heterocycles. The van der Waals surface area contributed by atoms with Crippen molar-refractivity contribution in [3.8, 4) is 5.75 Å². The lowest BCUT2D eigenvalue weighted by molar-refractivity contribution is -0.136. The molecule has 0 aliphatic rings. The van der Waals surface area contributed by atoms with E-state index in [2.05, 4.69) is 5.32 Å². The standard InChI is InChI=1S/C13H19NO4/c1-9(2)18-11-5-3-10(4-6-11)12(15)7-14-8-13(16)17/h3-6,9,12,14-15H,7-8H2,1-2H3,(H,16,17). The molecule has 0 fully saturated rings. The first-order valence-corrected chi connectivity index (χ1v) is 5.86. The summed E-state index contributed by atoms with van der Waals surface area (Å²) in [6, 6.07) is 7.11. The van der Waals surface area contributed by atoms with Crippen LogP contribution in [0, 0.1) is 0 Å². The largest absolute Gasteiger partial charge is 0.491 e. The number of aliphatic carboxylic acids is 1. The van der Waals surface area contributed by atoms with Crippen molar-refractivity contribution in [1.29, 1.82) is 0 Å². The van der Waals surface area contributed by atoms with Crippen LogP contribution >= 0.6 is 0 Å². The molecule has 1 rings (SSSR count). The third kappa shape index (κ3) is 5.16. The Morgan fingerprint density at radius 1 is 1.33 bits per heavy atom. The maximum absolute atomic E-state index is 10.3. The minimum absolute atomic E-state index is 0.109. The van der Waals surface area contributed by atoms with E-state index in [1.165, 1.54) is 0 Å². The van der Waals surface area contributed by atoms with Crippen LogP contribution < -0.4 is 10.1 Å². The number of rotatable bonds is 7. The van der Waals surface area contributed by atoms with Crippen LogP contribution in [0.4, 0.5) is 0 Å². The highest BCUT2D eigenvalue weighted by Gasteiger charge is 2.08. The van der Waals surface area contributed by atoms with Crippen molar-refractivity contribution in [2.24, 2.45) is 0 Å². The summed E-state index contributed by atoms with van der Waals surface area (Å²) in [5.41, 5.74) is 0.726. The van der Waals surface area contributed by atoms with Gasteiger partial charge < -0.3 is 20.3 Å². The van der Waals surface area contributed by atoms with Gasteiger partial charge in [-0.2, -0.15) is 0 Å². The Labute approximate surface area is 106 Å². The van der Waals surface area contributed by atoms with Gasteiger partial charge in [0.15, 0.2) is 0 Å². The number of benzene rings is 1. The number of ether oxygens (including phenoxy) is 1. The van der Waals surface area contributed by atoms with Crippen LogP contribution in [0.1, 0.15) is 25.5 Å². The van der Waals surface area contributed by atoms with Crippen molar-refractivity contribution in [3.05, 3.63) is 29.8 Å². The Morgan fingerprint density at radius 2 is 1.94 bits per heavy atom. The minimum atomic E-state index is -0.942. The molecule has 0 aliphatic carbocycles. The second-order valence-electron chi connectivity index (χ2n) is 4.28. The van der Waals surface area contributed by atoms with E-state index in [4.69, 9.17) is 9.84 Å². The molecule has 0 aliphatic heterocycles. The number of carboxylic acids is 1. The highest BCUT2D eigenvalue weighted by molar-refractivity contribution is 5.68. The molecular weight excluding hydrogens is 234 g/mol. The van der Waals surface area contributed by atoms with E-state index in [-0.39, 0.29) is 19.2 Å². The summed E-state index contributed by atoms with van der Waals surface area (Å²) >= 11 is 0. The molecule has 1 aromatic rings. The maximum Gasteiger partial charge on any atom is 0.317 e. The lowest BCUT2D eigenvalue weighted by Crippen LogP contribution is -2.27. The maximum atomic E-state index is 10.3. The molecule has 1 aromatic carbocycles. The van der Waals surface area contributed by atoms with Crippen LogP contribution in [0.2, 0.25) is 0 Å². The van der Waals surface area contributed by atoms with Crippen LogP contribution in [0.25, 0.3) is 0 Å². The van der Waals surface area contributed by atoms with E-state index in [9.17, 15) is 9.90 Å². The molecule has 100 valence electrons. The van der Waals surface area contributed by atoms with E-state index < -0.39 is 12.1 Å². The van der Waals surface area contributed by atoms with E-state index in [0.717, 1.165) is 11.3 Å². The fourth-order valence-electron chi connectivity index (χ4n) is 1.47. The Balaban J connectivity index is 2.48. The van der Waals surface area contributed by atoms with Gasteiger partial charge in [-0.1, -0.05) is 12.1 Å². The lowest BCUT2D eigenvalue weighted by atomic mass is 10.1. The fraction of sp³-hybridized carbons (Fsp3) is 0.462. The zero-order valence-corrected chi connectivity index (χ0v) is 10.6. The predicted octanol–water partition coefficient (Wildman–Crippen LogP) is 1.18. The molecular formula is C13H19NO4. The molecule has 0 amide bonds. The minimum Gasteiger partial charge on any atom is -0.491 e. The van der Waals surface area contributed by atoms with Crippen LogP contribution in [0.3, 0.4) is 0 Å². The zero-order chi connectivity index (χ0) is 13.5. The number of aliphatic hydroxyl groups is 1. The van der Waals surface area contributed by atoms with Crippen molar-refractivity contribution in [2.45, 2.75) is 26.1 Å². The van der Waals surface area contributed by atoms with Gasteiger partial charge in [0.25, 0.3) is 0 Å². The zero-order valence-electron chi connectivity index (χ0n) is 10.6. The van der Waals surface area contributed by atoms with Crippen molar-refractivity contribution in [1.82, 2.24) is 5.32 Å². The summed E-state index contributed by atoms with van der Waals surface area (Å²) < 4.78 is 5.49. The monoisotopic (exact) mass is 253 g/mol. The third-order valence-electron chi connectivity index (χ3n) is 2.25. The highest BCUT2D eigenvalue weighted by atomic mass is 16.5. The molecule has 0 bridgehead atoms. The third-order valence-corrected chi connectivity index (χ3v) is 2.25. The van der Waals surface area contributed by atoms with Gasteiger partial charge in [0.1, 0.15) is 5.75 Å². The second kappa shape index (κ2) is 6.98. The first-order valence-electron chi connectivity index (χ1n) is 5.86. The van der Waals surface area contributed by atoms with Crippen LogP contribution in [-0.2, 0) is 4.79 Å². The van der Waals surface area contributed by atoms with Crippen molar-refractivity contribution in [2.75, 3.05) is 13.1 Å². The summed E-state index contributed by atoms with van der Waals surface area (Å²) in [6.07, 6.45) is -0.615. The van der Waals surface area contributed by atoms with Gasteiger partial charge in [-0.3, -0.25) is 4.79 Å². The predicted molar refractivity (Wildman–Crippen MR) is 67.7 cm³/mol. The second-order valence-corrected chi connectivity index (χ2v) is 4.28. The van der Waals surface area contributed by atoms with Crippen LogP contribution in [0.5, 0.6) is 5.75 Å². The number of carboxylic acid groups (broad SMARTS) is 1. The van der Waals surface area contributed by atoms with Gasteiger partial charge in [0.05, 0.1) is 18.8 Å². The highest BCUT2D eigenvalue weighted by Crippen LogP contribution is 2.18. The summed E-state index contributed by atoms with van der Waals surface area (Å²) in [4.78, 5) is 10.3. The molecule has 5 nitrogen and oxygen atoms in total. The number of carbonyl (C=O) groups is 1. The van der Waals surface area contributed by atoms with E-state index in [1.54, 1.807) is 24.3 Å². The van der Waals surface area contributed by atoms with Gasteiger partial charge in [0.2, 0.25) is 0 Å². The van der Waals surface area contributed by atoms with E-state index in [0.29, 0.717) is 0 Å². The van der Waals surface area contributed by atoms with Crippen molar-refractivity contribution < 1.29 is 19.7 Å². The summed E-state index contributed by atoms with van der Waals surface area (Å²) in [7, 11) is 0. The summed E-state index contributed by atoms with van der Waals surface area (Å²) in [6.45, 7) is 3.93. The smallest absolute Gasteiger partial charge is 0.317 e. The Morgan fingerprint density at radius 3 is 2.44 bits per heavy atom. The summed E-state index contributed by atoms with van der Waals surface area (Å²) in [5.74, 6) is -0.192. The molecule has 1 unspecified atom stereocenters. The Hall–Kier alpha value is -1.59. The molecule has 0 saturated heterocycles. The average Bonchev–Trinajstić information content (AvgIpc) is 2.28. The molecule has 18 heavy (non-hydrogen) atoms. The van der Waals surface area contributed by atoms with Gasteiger partial charge in [0, 0.05) is 6.54 Å². The normalized spacial score (nSPS) is 12.4. The Bertz CT molecular complexity index is 375. The number of aliphatic hydroxyl groups excluding tert-OH is 1. The average molecular weight is 253 g/mol. The lowest BCUT2D eigenvalue weighted by Gasteiger charge is -2.13. The van der Waals surface area contributed by atoms with Crippen LogP contribution in [-0.4, -0.2) is 35.4 Å². The molecule has 1 atom stereocenters. The first kappa shape index (κ1) is 14.5. The molecule has 0 aromatic heterocycles. The van der Waals surface area contributed by atoms with Gasteiger partial charge in [-0.15, -0.1) is 0 Å². The quantitative estimate of drug-likeness (QED) is 0.680. The SMILES string of the molecule is CC(C)Oc1ccc(C(O)CNCC(=O)O)cc1. The number of nitrogens with one attached hydrogen (secondary N) is 1. The molecule has 0 spiro atoms. The molecule has 5 heteroatoms. The van der Waals surface area contributed by atoms with Crippen molar-refractivity contribution in [3.63, 3.8) is 0 Å². The number of hydrogen-bond donors (Lipinski definition) is 3. The van der Waals surface area contributed by atoms with Gasteiger partial charge >= 0.3 is 5.97 Å². The number of hydrogen-bond acceptors (Lipinski definition) is 4. The molecule has 0 radical (unpaired) electrons. The Kier molecular flexibility index (Phi) is 5.61. The van der Waals surface area contributed by atoms with Crippen molar-refractivity contribution >= 4 is 5.97 Å². The fourth-order valence-corrected chi connectivity index (χ4v) is 1.47.